The van der Waals surface area contributed by atoms with Gasteiger partial charge in [-0.1, -0.05) is 25.4 Å². The number of rotatable bonds is 2. The Morgan fingerprint density at radius 3 is 2.75 bits per heavy atom. The van der Waals surface area contributed by atoms with Crippen LogP contribution in [0.5, 0.6) is 0 Å². The minimum atomic E-state index is 0.578. The first-order chi connectivity index (χ1) is 5.65. The van der Waals surface area contributed by atoms with E-state index in [1.807, 2.05) is 12.3 Å². The van der Waals surface area contributed by atoms with Crippen LogP contribution in [-0.4, -0.2) is 4.98 Å². The van der Waals surface area contributed by atoms with Crippen molar-refractivity contribution in [2.75, 3.05) is 0 Å². The lowest BCUT2D eigenvalue weighted by Crippen LogP contribution is -1.96. The van der Waals surface area contributed by atoms with Crippen LogP contribution in [0, 0.1) is 6.92 Å². The first-order valence-corrected chi connectivity index (χ1v) is 4.65. The van der Waals surface area contributed by atoms with Crippen molar-refractivity contribution in [3.63, 3.8) is 0 Å². The highest BCUT2D eigenvalue weighted by molar-refractivity contribution is 6.29. The molecule has 12 heavy (non-hydrogen) atoms. The third-order valence-corrected chi connectivity index (χ3v) is 2.47. The molecule has 1 unspecified atom stereocenters. The monoisotopic (exact) mass is 183 g/mol. The molecular formula is C10H14ClN. The van der Waals surface area contributed by atoms with E-state index in [0.29, 0.717) is 11.1 Å². The number of hydrogen-bond donors (Lipinski definition) is 0. The van der Waals surface area contributed by atoms with Crippen LogP contribution >= 0.6 is 11.6 Å². The Kier molecular flexibility index (Phi) is 3.10. The van der Waals surface area contributed by atoms with Crippen molar-refractivity contribution in [1.29, 1.82) is 0 Å². The maximum absolute atomic E-state index is 5.75. The molecule has 0 aliphatic rings. The van der Waals surface area contributed by atoms with Gasteiger partial charge in [0, 0.05) is 6.20 Å². The Hall–Kier alpha value is -0.560. The van der Waals surface area contributed by atoms with Gasteiger partial charge in [0.15, 0.2) is 0 Å². The minimum Gasteiger partial charge on any atom is -0.244 e. The Morgan fingerprint density at radius 2 is 2.25 bits per heavy atom. The number of nitrogens with zero attached hydrogens (tertiary/aromatic N) is 1. The van der Waals surface area contributed by atoms with Crippen LogP contribution in [0.3, 0.4) is 0 Å². The molecule has 0 spiro atoms. The molecule has 1 atom stereocenters. The Bertz CT molecular complexity index is 271. The Labute approximate surface area is 78.8 Å². The van der Waals surface area contributed by atoms with Gasteiger partial charge < -0.3 is 0 Å². The van der Waals surface area contributed by atoms with Crippen LogP contribution in [0.1, 0.15) is 37.3 Å². The Morgan fingerprint density at radius 1 is 1.58 bits per heavy atom. The first kappa shape index (κ1) is 9.53. The molecule has 1 nitrogen and oxygen atoms in total. The second kappa shape index (κ2) is 3.90. The molecule has 0 bridgehead atoms. The molecule has 2 heteroatoms. The first-order valence-electron chi connectivity index (χ1n) is 4.27. The molecule has 66 valence electrons. The van der Waals surface area contributed by atoms with E-state index in [0.717, 1.165) is 6.42 Å². The summed E-state index contributed by atoms with van der Waals surface area (Å²) in [5, 5.41) is 0.583. The van der Waals surface area contributed by atoms with Gasteiger partial charge in [0.1, 0.15) is 5.15 Å². The highest BCUT2D eigenvalue weighted by Gasteiger charge is 2.06. The molecule has 1 aromatic heterocycles. The summed E-state index contributed by atoms with van der Waals surface area (Å²) in [4.78, 5) is 4.07. The zero-order valence-corrected chi connectivity index (χ0v) is 8.52. The molecule has 0 N–H and O–H groups in total. The molecule has 0 aliphatic carbocycles. The van der Waals surface area contributed by atoms with Crippen LogP contribution < -0.4 is 0 Å². The third-order valence-electron chi connectivity index (χ3n) is 2.26. The molecule has 1 rings (SSSR count). The number of aryl methyl sites for hydroxylation is 1. The van der Waals surface area contributed by atoms with Gasteiger partial charge >= 0.3 is 0 Å². The maximum atomic E-state index is 5.75. The van der Waals surface area contributed by atoms with Crippen molar-refractivity contribution in [2.45, 2.75) is 33.1 Å². The van der Waals surface area contributed by atoms with Crippen molar-refractivity contribution >= 4 is 11.6 Å². The summed E-state index contributed by atoms with van der Waals surface area (Å²) in [6.07, 6.45) is 3.02. The van der Waals surface area contributed by atoms with Gasteiger partial charge in [0.25, 0.3) is 0 Å². The van der Waals surface area contributed by atoms with E-state index in [4.69, 9.17) is 11.6 Å². The summed E-state index contributed by atoms with van der Waals surface area (Å²) in [6.45, 7) is 6.46. The number of aromatic nitrogens is 1. The fourth-order valence-corrected chi connectivity index (χ4v) is 1.48. The van der Waals surface area contributed by atoms with Crippen molar-refractivity contribution < 1.29 is 0 Å². The highest BCUT2D eigenvalue weighted by atomic mass is 35.5. The largest absolute Gasteiger partial charge is 0.244 e. The maximum Gasteiger partial charge on any atom is 0.129 e. The van der Waals surface area contributed by atoms with Crippen molar-refractivity contribution in [3.05, 3.63) is 28.5 Å². The van der Waals surface area contributed by atoms with E-state index in [9.17, 15) is 0 Å². The quantitative estimate of drug-likeness (QED) is 0.639. The molecule has 0 amide bonds. The molecule has 0 aliphatic heterocycles. The smallest absolute Gasteiger partial charge is 0.129 e. The number of halogens is 1. The van der Waals surface area contributed by atoms with Crippen molar-refractivity contribution in [3.8, 4) is 0 Å². The normalized spacial score (nSPS) is 13.0. The van der Waals surface area contributed by atoms with Crippen molar-refractivity contribution in [1.82, 2.24) is 4.98 Å². The summed E-state index contributed by atoms with van der Waals surface area (Å²) in [6, 6.07) is 1.92. The standard InChI is InChI=1S/C10H14ClN/c1-4-7(2)9-6-12-10(11)5-8(9)3/h5-7H,4H2,1-3H3. The van der Waals surface area contributed by atoms with E-state index >= 15 is 0 Å². The zero-order chi connectivity index (χ0) is 9.14. The van der Waals surface area contributed by atoms with Gasteiger partial charge in [-0.2, -0.15) is 0 Å². The van der Waals surface area contributed by atoms with Crippen LogP contribution in [0.25, 0.3) is 0 Å². The summed E-state index contributed by atoms with van der Waals surface area (Å²) in [5.74, 6) is 0.578. The molecule has 0 saturated heterocycles. The highest BCUT2D eigenvalue weighted by Crippen LogP contribution is 2.22. The third kappa shape index (κ3) is 1.98. The van der Waals surface area contributed by atoms with Crippen LogP contribution in [0.15, 0.2) is 12.3 Å². The van der Waals surface area contributed by atoms with Crippen molar-refractivity contribution in [2.24, 2.45) is 0 Å². The summed E-state index contributed by atoms with van der Waals surface area (Å²) in [5.41, 5.74) is 2.55. The lowest BCUT2D eigenvalue weighted by molar-refractivity contribution is 0.724. The number of pyridine rings is 1. The fraction of sp³-hybridized carbons (Fsp3) is 0.500. The predicted octanol–water partition coefficient (Wildman–Crippen LogP) is 3.56. The second-order valence-corrected chi connectivity index (χ2v) is 3.56. The summed E-state index contributed by atoms with van der Waals surface area (Å²) >= 11 is 5.75. The van der Waals surface area contributed by atoms with E-state index in [1.54, 1.807) is 0 Å². The van der Waals surface area contributed by atoms with Crippen LogP contribution in [0.4, 0.5) is 0 Å². The molecular weight excluding hydrogens is 170 g/mol. The second-order valence-electron chi connectivity index (χ2n) is 3.17. The average molecular weight is 184 g/mol. The van der Waals surface area contributed by atoms with E-state index in [-0.39, 0.29) is 0 Å². The lowest BCUT2D eigenvalue weighted by Gasteiger charge is -2.11. The number of hydrogen-bond acceptors (Lipinski definition) is 1. The van der Waals surface area contributed by atoms with Gasteiger partial charge in [-0.15, -0.1) is 0 Å². The predicted molar refractivity (Wildman–Crippen MR) is 52.7 cm³/mol. The topological polar surface area (TPSA) is 12.9 Å². The minimum absolute atomic E-state index is 0.578. The van der Waals surface area contributed by atoms with Gasteiger partial charge in [-0.3, -0.25) is 0 Å². The van der Waals surface area contributed by atoms with Gasteiger partial charge in [-0.05, 0) is 36.5 Å². The van der Waals surface area contributed by atoms with Gasteiger partial charge in [-0.25, -0.2) is 4.98 Å². The average Bonchev–Trinajstić information content (AvgIpc) is 2.03. The fourth-order valence-electron chi connectivity index (χ4n) is 1.27. The molecule has 1 heterocycles. The van der Waals surface area contributed by atoms with Crippen LogP contribution in [-0.2, 0) is 0 Å². The van der Waals surface area contributed by atoms with Crippen LogP contribution in [0.2, 0.25) is 5.15 Å². The summed E-state index contributed by atoms with van der Waals surface area (Å²) in [7, 11) is 0. The zero-order valence-electron chi connectivity index (χ0n) is 7.76. The molecule has 0 radical (unpaired) electrons. The molecule has 0 aromatic carbocycles. The molecule has 1 aromatic rings. The molecule has 0 fully saturated rings. The van der Waals surface area contributed by atoms with Gasteiger partial charge in [0.2, 0.25) is 0 Å². The van der Waals surface area contributed by atoms with Gasteiger partial charge in [0.05, 0.1) is 0 Å². The van der Waals surface area contributed by atoms with E-state index in [2.05, 4.69) is 25.8 Å². The molecule has 0 saturated carbocycles. The summed E-state index contributed by atoms with van der Waals surface area (Å²) < 4.78 is 0. The van der Waals surface area contributed by atoms with E-state index in [1.165, 1.54) is 11.1 Å². The SMILES string of the molecule is CCC(C)c1cnc(Cl)cc1C. The lowest BCUT2D eigenvalue weighted by atomic mass is 9.97. The van der Waals surface area contributed by atoms with E-state index < -0.39 is 0 Å². The Balaban J connectivity index is 3.01.